The Morgan fingerprint density at radius 2 is 1.90 bits per heavy atom. The molecule has 0 aliphatic rings. The number of aromatic nitrogens is 1. The molecule has 0 bridgehead atoms. The van der Waals surface area contributed by atoms with Gasteiger partial charge in [-0.05, 0) is 67.6 Å². The van der Waals surface area contributed by atoms with Gasteiger partial charge >= 0.3 is 5.97 Å². The Bertz CT molecular complexity index is 992. The molecule has 0 amide bonds. The number of benzene rings is 2. The van der Waals surface area contributed by atoms with E-state index in [0.29, 0.717) is 13.0 Å². The minimum atomic E-state index is -0.131. The Morgan fingerprint density at radius 3 is 2.55 bits per heavy atom. The third-order valence-corrected chi connectivity index (χ3v) is 5.82. The van der Waals surface area contributed by atoms with Gasteiger partial charge < -0.3 is 14.0 Å². The van der Waals surface area contributed by atoms with Crippen LogP contribution >= 0.6 is 15.9 Å². The molecule has 0 N–H and O–H groups in total. The van der Waals surface area contributed by atoms with Crippen LogP contribution in [-0.4, -0.2) is 24.3 Å². The highest BCUT2D eigenvalue weighted by atomic mass is 79.9. The number of fused-ring (bicyclic) bond motifs is 1. The van der Waals surface area contributed by atoms with Gasteiger partial charge in [-0.25, -0.2) is 0 Å². The molecule has 2 aromatic carbocycles. The second kappa shape index (κ2) is 9.49. The number of halogens is 1. The van der Waals surface area contributed by atoms with Gasteiger partial charge in [0.15, 0.2) is 0 Å². The summed E-state index contributed by atoms with van der Waals surface area (Å²) in [7, 11) is 1.69. The van der Waals surface area contributed by atoms with E-state index >= 15 is 0 Å². The number of hydrogen-bond donors (Lipinski definition) is 0. The maximum absolute atomic E-state index is 11.9. The lowest BCUT2D eigenvalue weighted by Crippen LogP contribution is -2.12. The lowest BCUT2D eigenvalue weighted by atomic mass is 9.96. The second-order valence-corrected chi connectivity index (χ2v) is 8.39. The average molecular weight is 458 g/mol. The van der Waals surface area contributed by atoms with Crippen LogP contribution in [0, 0.1) is 12.8 Å². The highest BCUT2D eigenvalue weighted by Gasteiger charge is 2.19. The van der Waals surface area contributed by atoms with Crippen molar-refractivity contribution in [3.8, 4) is 5.75 Å². The molecule has 0 aliphatic heterocycles. The van der Waals surface area contributed by atoms with Crippen molar-refractivity contribution in [1.82, 2.24) is 4.57 Å². The molecule has 4 nitrogen and oxygen atoms in total. The van der Waals surface area contributed by atoms with E-state index in [1.54, 1.807) is 7.11 Å². The summed E-state index contributed by atoms with van der Waals surface area (Å²) in [6.07, 6.45) is 1.25. The number of nitrogens with zero attached hydrogens (tertiary/aromatic N) is 1. The Morgan fingerprint density at radius 1 is 1.17 bits per heavy atom. The van der Waals surface area contributed by atoms with Crippen LogP contribution in [0.1, 0.15) is 37.1 Å². The van der Waals surface area contributed by atoms with Gasteiger partial charge in [0.2, 0.25) is 0 Å². The highest BCUT2D eigenvalue weighted by molar-refractivity contribution is 9.10. The van der Waals surface area contributed by atoms with Crippen molar-refractivity contribution < 1.29 is 14.3 Å². The first-order chi connectivity index (χ1) is 13.9. The van der Waals surface area contributed by atoms with E-state index < -0.39 is 0 Å². The summed E-state index contributed by atoms with van der Waals surface area (Å²) in [5, 5.41) is 1.19. The normalized spacial score (nSPS) is 12.2. The lowest BCUT2D eigenvalue weighted by Gasteiger charge is -2.12. The van der Waals surface area contributed by atoms with E-state index in [1.165, 1.54) is 27.7 Å². The predicted molar refractivity (Wildman–Crippen MR) is 121 cm³/mol. The molecule has 154 valence electrons. The number of rotatable bonds is 8. The zero-order valence-corrected chi connectivity index (χ0v) is 19.1. The van der Waals surface area contributed by atoms with Crippen LogP contribution < -0.4 is 4.74 Å². The molecule has 1 aromatic heterocycles. The first kappa shape index (κ1) is 21.4. The highest BCUT2D eigenvalue weighted by Crippen LogP contribution is 2.32. The van der Waals surface area contributed by atoms with Crippen molar-refractivity contribution in [2.24, 2.45) is 5.92 Å². The minimum absolute atomic E-state index is 0.131. The van der Waals surface area contributed by atoms with Crippen LogP contribution in [0.5, 0.6) is 5.75 Å². The zero-order chi connectivity index (χ0) is 21.0. The smallest absolute Gasteiger partial charge is 0.306 e. The number of carbonyl (C=O) groups is 1. The van der Waals surface area contributed by atoms with E-state index in [0.717, 1.165) is 23.2 Å². The Kier molecular flexibility index (Phi) is 7.01. The van der Waals surface area contributed by atoms with Gasteiger partial charge in [0, 0.05) is 34.0 Å². The SMILES string of the molecule is CCOC(=O)CC(C)Cc1c(C)n(Cc2ccc(Br)cc2)c2ccc(OC)cc12. The van der Waals surface area contributed by atoms with Crippen LogP contribution in [0.4, 0.5) is 0 Å². The number of methoxy groups -OCH3 is 1. The van der Waals surface area contributed by atoms with E-state index in [2.05, 4.69) is 70.7 Å². The Balaban J connectivity index is 1.98. The number of esters is 1. The summed E-state index contributed by atoms with van der Waals surface area (Å²) < 4.78 is 14.0. The number of carbonyl (C=O) groups excluding carboxylic acids is 1. The van der Waals surface area contributed by atoms with E-state index in [4.69, 9.17) is 9.47 Å². The molecule has 3 aromatic rings. The van der Waals surface area contributed by atoms with Gasteiger partial charge in [0.1, 0.15) is 5.75 Å². The van der Waals surface area contributed by atoms with Gasteiger partial charge in [-0.15, -0.1) is 0 Å². The van der Waals surface area contributed by atoms with Crippen molar-refractivity contribution >= 4 is 32.8 Å². The van der Waals surface area contributed by atoms with E-state index in [1.807, 2.05) is 13.0 Å². The summed E-state index contributed by atoms with van der Waals surface area (Å²) in [5.74, 6) is 0.914. The molecule has 0 aliphatic carbocycles. The average Bonchev–Trinajstić information content (AvgIpc) is 2.94. The molecule has 0 saturated carbocycles. The first-order valence-electron chi connectivity index (χ1n) is 9.98. The third kappa shape index (κ3) is 5.02. The minimum Gasteiger partial charge on any atom is -0.497 e. The first-order valence-corrected chi connectivity index (χ1v) is 10.8. The number of hydrogen-bond acceptors (Lipinski definition) is 3. The van der Waals surface area contributed by atoms with Gasteiger partial charge in [-0.2, -0.15) is 0 Å². The molecule has 0 saturated heterocycles. The summed E-state index contributed by atoms with van der Waals surface area (Å²) in [5.41, 5.74) is 4.93. The summed E-state index contributed by atoms with van der Waals surface area (Å²) >= 11 is 3.50. The van der Waals surface area contributed by atoms with Crippen LogP contribution in [-0.2, 0) is 22.5 Å². The zero-order valence-electron chi connectivity index (χ0n) is 17.5. The third-order valence-electron chi connectivity index (χ3n) is 5.29. The molecule has 1 unspecified atom stereocenters. The molecular formula is C24H28BrNO3. The fourth-order valence-corrected chi connectivity index (χ4v) is 4.08. The maximum atomic E-state index is 11.9. The molecule has 1 heterocycles. The van der Waals surface area contributed by atoms with Gasteiger partial charge in [-0.3, -0.25) is 4.79 Å². The molecule has 0 fully saturated rings. The molecule has 1 atom stereocenters. The van der Waals surface area contributed by atoms with Crippen LogP contribution in [0.15, 0.2) is 46.9 Å². The topological polar surface area (TPSA) is 40.5 Å². The summed E-state index contributed by atoms with van der Waals surface area (Å²) in [6.45, 7) is 7.34. The molecule has 5 heteroatoms. The maximum Gasteiger partial charge on any atom is 0.306 e. The van der Waals surface area contributed by atoms with Gasteiger partial charge in [-0.1, -0.05) is 35.0 Å². The molecular weight excluding hydrogens is 430 g/mol. The van der Waals surface area contributed by atoms with Gasteiger partial charge in [0.25, 0.3) is 0 Å². The van der Waals surface area contributed by atoms with Crippen molar-refractivity contribution in [1.29, 1.82) is 0 Å². The molecule has 0 spiro atoms. The monoisotopic (exact) mass is 457 g/mol. The summed E-state index contributed by atoms with van der Waals surface area (Å²) in [6, 6.07) is 14.7. The molecule has 3 rings (SSSR count). The van der Waals surface area contributed by atoms with Crippen molar-refractivity contribution in [2.45, 2.75) is 40.2 Å². The Hall–Kier alpha value is -2.27. The Labute approximate surface area is 180 Å². The molecule has 29 heavy (non-hydrogen) atoms. The lowest BCUT2D eigenvalue weighted by molar-refractivity contribution is -0.144. The van der Waals surface area contributed by atoms with Gasteiger partial charge in [0.05, 0.1) is 13.7 Å². The fraction of sp³-hybridized carbons (Fsp3) is 0.375. The molecule has 0 radical (unpaired) electrons. The van der Waals surface area contributed by atoms with Crippen LogP contribution in [0.2, 0.25) is 0 Å². The predicted octanol–water partition coefficient (Wildman–Crippen LogP) is 5.90. The summed E-state index contributed by atoms with van der Waals surface area (Å²) in [4.78, 5) is 11.9. The largest absolute Gasteiger partial charge is 0.497 e. The van der Waals surface area contributed by atoms with Crippen molar-refractivity contribution in [3.63, 3.8) is 0 Å². The van der Waals surface area contributed by atoms with Crippen LogP contribution in [0.25, 0.3) is 10.9 Å². The fourth-order valence-electron chi connectivity index (χ4n) is 3.82. The second-order valence-electron chi connectivity index (χ2n) is 7.48. The number of ether oxygens (including phenoxy) is 2. The van der Waals surface area contributed by atoms with E-state index in [9.17, 15) is 4.79 Å². The van der Waals surface area contributed by atoms with Crippen molar-refractivity contribution in [3.05, 3.63) is 63.8 Å². The van der Waals surface area contributed by atoms with E-state index in [-0.39, 0.29) is 11.9 Å². The standard InChI is InChI=1S/C24H28BrNO3/c1-5-29-24(27)13-16(2)12-21-17(3)26(15-18-6-8-19(25)9-7-18)23-11-10-20(28-4)14-22(21)23/h6-11,14,16H,5,12-13,15H2,1-4H3. The quantitative estimate of drug-likeness (QED) is 0.395. The van der Waals surface area contributed by atoms with Crippen molar-refractivity contribution in [2.75, 3.05) is 13.7 Å². The van der Waals surface area contributed by atoms with Crippen LogP contribution in [0.3, 0.4) is 0 Å².